The van der Waals surface area contributed by atoms with E-state index in [2.05, 4.69) is 100 Å². The Balaban J connectivity index is 1.61. The van der Waals surface area contributed by atoms with Crippen molar-refractivity contribution in [2.45, 2.75) is 45.8 Å². The first-order valence-corrected chi connectivity index (χ1v) is 11.9. The Morgan fingerprint density at radius 1 is 1.10 bits per heavy atom. The van der Waals surface area contributed by atoms with Crippen molar-refractivity contribution in [2.24, 2.45) is 5.92 Å². The van der Waals surface area contributed by atoms with Gasteiger partial charge in [-0.05, 0) is 67.5 Å². The van der Waals surface area contributed by atoms with Gasteiger partial charge in [-0.1, -0.05) is 56.8 Å². The van der Waals surface area contributed by atoms with Crippen molar-refractivity contribution in [3.63, 3.8) is 0 Å². The molecule has 3 rings (SSSR count). The zero-order valence-corrected chi connectivity index (χ0v) is 20.5. The molecule has 1 aliphatic rings. The fourth-order valence-corrected chi connectivity index (χ4v) is 4.04. The van der Waals surface area contributed by atoms with E-state index < -0.39 is 0 Å². The second-order valence-electron chi connectivity index (χ2n) is 9.05. The quantitative estimate of drug-likeness (QED) is 0.556. The van der Waals surface area contributed by atoms with Crippen LogP contribution in [-0.4, -0.2) is 42.6 Å². The van der Waals surface area contributed by atoms with E-state index in [1.165, 1.54) is 29.3 Å². The van der Waals surface area contributed by atoms with Crippen LogP contribution in [0.25, 0.3) is 0 Å². The Bertz CT molecular complexity index is 812. The van der Waals surface area contributed by atoms with E-state index in [0.29, 0.717) is 12.0 Å². The number of likely N-dealkylation sites (tertiary alicyclic amines) is 1. The standard InChI is InChI=1S/C26H38N3OP/c1-20(2)19-30-25-9-5-22(6-10-25)17-27-21(3)29(24-13-15-28(4)16-14-24)18-23-7-11-26(31)12-8-23/h5-12,20,24,27H,3,13-19,31H2,1-2,4H3. The molecule has 2 aromatic carbocycles. The predicted octanol–water partition coefficient (Wildman–Crippen LogP) is 4.38. The molecule has 0 spiro atoms. The van der Waals surface area contributed by atoms with Crippen molar-refractivity contribution >= 4 is 14.5 Å². The third-order valence-electron chi connectivity index (χ3n) is 5.81. The Morgan fingerprint density at radius 2 is 1.71 bits per heavy atom. The van der Waals surface area contributed by atoms with Crippen LogP contribution in [0, 0.1) is 5.92 Å². The molecule has 5 heteroatoms. The Hall–Kier alpha value is -2.03. The zero-order valence-electron chi connectivity index (χ0n) is 19.3. The minimum Gasteiger partial charge on any atom is -0.493 e. The van der Waals surface area contributed by atoms with Crippen molar-refractivity contribution in [2.75, 3.05) is 26.7 Å². The van der Waals surface area contributed by atoms with Crippen LogP contribution in [0.15, 0.2) is 60.9 Å². The largest absolute Gasteiger partial charge is 0.493 e. The molecular weight excluding hydrogens is 401 g/mol. The molecule has 0 amide bonds. The molecule has 0 aromatic heterocycles. The highest BCUT2D eigenvalue weighted by molar-refractivity contribution is 7.27. The summed E-state index contributed by atoms with van der Waals surface area (Å²) < 4.78 is 5.80. The van der Waals surface area contributed by atoms with Gasteiger partial charge in [-0.3, -0.25) is 0 Å². The van der Waals surface area contributed by atoms with Crippen molar-refractivity contribution in [3.05, 3.63) is 72.1 Å². The molecule has 2 aromatic rings. The highest BCUT2D eigenvalue weighted by atomic mass is 31.0. The smallest absolute Gasteiger partial charge is 0.119 e. The first-order chi connectivity index (χ1) is 14.9. The fraction of sp³-hybridized carbons (Fsp3) is 0.462. The summed E-state index contributed by atoms with van der Waals surface area (Å²) in [6, 6.07) is 17.6. The first kappa shape index (κ1) is 23.6. The van der Waals surface area contributed by atoms with E-state index in [-0.39, 0.29) is 0 Å². The van der Waals surface area contributed by atoms with E-state index in [9.17, 15) is 0 Å². The minimum atomic E-state index is 0.513. The number of ether oxygens (including phenoxy) is 1. The summed E-state index contributed by atoms with van der Waals surface area (Å²) in [6.07, 6.45) is 2.33. The Morgan fingerprint density at radius 3 is 2.32 bits per heavy atom. The predicted molar refractivity (Wildman–Crippen MR) is 135 cm³/mol. The average molecular weight is 440 g/mol. The average Bonchev–Trinajstić information content (AvgIpc) is 2.77. The summed E-state index contributed by atoms with van der Waals surface area (Å²) in [5.41, 5.74) is 2.55. The van der Waals surface area contributed by atoms with Crippen LogP contribution in [-0.2, 0) is 13.1 Å². The van der Waals surface area contributed by atoms with E-state index in [0.717, 1.165) is 44.4 Å². The molecule has 1 N–H and O–H groups in total. The second-order valence-corrected chi connectivity index (χ2v) is 9.72. The van der Waals surface area contributed by atoms with Crippen LogP contribution < -0.4 is 15.4 Å². The fourth-order valence-electron chi connectivity index (χ4n) is 3.84. The number of nitrogens with zero attached hydrogens (tertiary/aromatic N) is 2. The van der Waals surface area contributed by atoms with Crippen molar-refractivity contribution < 1.29 is 4.74 Å². The topological polar surface area (TPSA) is 27.7 Å². The molecule has 4 nitrogen and oxygen atoms in total. The normalized spacial score (nSPS) is 15.1. The molecule has 1 heterocycles. The molecule has 1 unspecified atom stereocenters. The highest BCUT2D eigenvalue weighted by Gasteiger charge is 2.24. The van der Waals surface area contributed by atoms with Gasteiger partial charge >= 0.3 is 0 Å². The summed E-state index contributed by atoms with van der Waals surface area (Å²) in [5, 5.41) is 4.80. The molecule has 0 radical (unpaired) electrons. The number of hydrogen-bond donors (Lipinski definition) is 1. The maximum atomic E-state index is 5.80. The van der Waals surface area contributed by atoms with Gasteiger partial charge in [0, 0.05) is 19.1 Å². The number of nitrogens with one attached hydrogen (secondary N) is 1. The van der Waals surface area contributed by atoms with Crippen molar-refractivity contribution in [1.29, 1.82) is 0 Å². The maximum Gasteiger partial charge on any atom is 0.119 e. The third-order valence-corrected chi connectivity index (χ3v) is 6.20. The number of benzene rings is 2. The molecule has 1 saturated heterocycles. The van der Waals surface area contributed by atoms with Crippen molar-refractivity contribution in [3.8, 4) is 5.75 Å². The van der Waals surface area contributed by atoms with Gasteiger partial charge in [0.25, 0.3) is 0 Å². The van der Waals surface area contributed by atoms with Crippen LogP contribution >= 0.6 is 9.24 Å². The van der Waals surface area contributed by atoms with Crippen LogP contribution in [0.1, 0.15) is 37.8 Å². The monoisotopic (exact) mass is 439 g/mol. The van der Waals surface area contributed by atoms with E-state index in [1.807, 2.05) is 0 Å². The van der Waals surface area contributed by atoms with Crippen LogP contribution in [0.4, 0.5) is 0 Å². The molecule has 0 bridgehead atoms. The molecule has 1 atom stereocenters. The Kier molecular flexibility index (Phi) is 8.80. The molecule has 1 fully saturated rings. The van der Waals surface area contributed by atoms with Gasteiger partial charge in [-0.25, -0.2) is 0 Å². The lowest BCUT2D eigenvalue weighted by Crippen LogP contribution is -2.45. The summed E-state index contributed by atoms with van der Waals surface area (Å²) in [5.74, 6) is 2.47. The van der Waals surface area contributed by atoms with Gasteiger partial charge in [-0.2, -0.15) is 0 Å². The summed E-state index contributed by atoms with van der Waals surface area (Å²) in [7, 11) is 4.97. The maximum absolute atomic E-state index is 5.80. The van der Waals surface area contributed by atoms with Gasteiger partial charge < -0.3 is 19.9 Å². The summed E-state index contributed by atoms with van der Waals surface area (Å²) in [4.78, 5) is 4.88. The number of piperidine rings is 1. The lowest BCUT2D eigenvalue weighted by Gasteiger charge is -2.40. The minimum absolute atomic E-state index is 0.513. The SMILES string of the molecule is C=C(NCc1ccc(OCC(C)C)cc1)N(Cc1ccc(P)cc1)C1CCN(C)CC1. The van der Waals surface area contributed by atoms with E-state index in [1.54, 1.807) is 0 Å². The highest BCUT2D eigenvalue weighted by Crippen LogP contribution is 2.22. The summed E-state index contributed by atoms with van der Waals surface area (Å²) in [6.45, 7) is 13.4. The number of hydrogen-bond acceptors (Lipinski definition) is 4. The van der Waals surface area contributed by atoms with Crippen LogP contribution in [0.3, 0.4) is 0 Å². The molecular formula is C26H38N3OP. The second kappa shape index (κ2) is 11.5. The van der Waals surface area contributed by atoms with Gasteiger partial charge in [0.15, 0.2) is 0 Å². The van der Waals surface area contributed by atoms with Crippen LogP contribution in [0.2, 0.25) is 0 Å². The molecule has 31 heavy (non-hydrogen) atoms. The first-order valence-electron chi connectivity index (χ1n) is 11.3. The third kappa shape index (κ3) is 7.55. The molecule has 0 aliphatic carbocycles. The van der Waals surface area contributed by atoms with E-state index >= 15 is 0 Å². The molecule has 1 aliphatic heterocycles. The van der Waals surface area contributed by atoms with Gasteiger partial charge in [0.1, 0.15) is 5.75 Å². The van der Waals surface area contributed by atoms with Gasteiger partial charge in [0.05, 0.1) is 12.4 Å². The number of rotatable bonds is 10. The lowest BCUT2D eigenvalue weighted by atomic mass is 10.0. The molecule has 168 valence electrons. The lowest BCUT2D eigenvalue weighted by molar-refractivity contribution is 0.138. The van der Waals surface area contributed by atoms with Crippen molar-refractivity contribution in [1.82, 2.24) is 15.1 Å². The van der Waals surface area contributed by atoms with Gasteiger partial charge in [-0.15, -0.1) is 9.24 Å². The molecule has 0 saturated carbocycles. The van der Waals surface area contributed by atoms with Gasteiger partial charge in [0.2, 0.25) is 0 Å². The Labute approximate surface area is 190 Å². The van der Waals surface area contributed by atoms with Crippen LogP contribution in [0.5, 0.6) is 5.75 Å². The zero-order chi connectivity index (χ0) is 22.2. The van der Waals surface area contributed by atoms with E-state index in [4.69, 9.17) is 4.74 Å². The summed E-state index contributed by atoms with van der Waals surface area (Å²) >= 11 is 0.